The molecule has 0 unspecified atom stereocenters. The van der Waals surface area contributed by atoms with E-state index in [1.165, 1.54) is 13.0 Å². The molecule has 0 N–H and O–H groups in total. The fraction of sp³-hybridized carbons (Fsp3) is 0.680. The van der Waals surface area contributed by atoms with Gasteiger partial charge in [0.15, 0.2) is 5.17 Å². The normalized spacial score (nSPS) is 25.1. The largest absolute Gasteiger partial charge is 0.443 e. The van der Waals surface area contributed by atoms with Crippen LogP contribution in [0, 0.1) is 11.7 Å². The maximum Gasteiger partial charge on any atom is 0.418 e. The predicted octanol–water partition coefficient (Wildman–Crippen LogP) is 8.12. The highest BCUT2D eigenvalue weighted by atomic mass is 79.9. The zero-order chi connectivity index (χ0) is 27.7. The van der Waals surface area contributed by atoms with E-state index in [9.17, 15) is 13.6 Å². The van der Waals surface area contributed by atoms with E-state index in [0.717, 1.165) is 22.7 Å². The van der Waals surface area contributed by atoms with E-state index in [-0.39, 0.29) is 17.5 Å². The van der Waals surface area contributed by atoms with Crippen LogP contribution in [0.3, 0.4) is 0 Å². The van der Waals surface area contributed by atoms with Crippen molar-refractivity contribution in [3.63, 3.8) is 0 Å². The second-order valence-corrected chi connectivity index (χ2v) is 19.7. The molecular weight excluding hydrogens is 573 g/mol. The number of halogens is 4. The number of hydrogen-bond acceptors (Lipinski definition) is 5. The Kier molecular flexibility index (Phi) is 9.85. The number of alkyl halides is 2. The lowest BCUT2D eigenvalue weighted by atomic mass is 9.74. The van der Waals surface area contributed by atoms with Crippen LogP contribution in [-0.4, -0.2) is 54.3 Å². The minimum atomic E-state index is -2.77. The Morgan fingerprint density at radius 3 is 2.42 bits per heavy atom. The molecule has 1 aromatic rings. The molecule has 1 aliphatic rings. The number of aliphatic imine (C=N–C) groups is 1. The molecule has 1 aliphatic heterocycles. The van der Waals surface area contributed by atoms with Crippen LogP contribution in [-0.2, 0) is 15.0 Å². The summed E-state index contributed by atoms with van der Waals surface area (Å²) < 4.78 is 54.6. The van der Waals surface area contributed by atoms with Crippen molar-refractivity contribution < 1.29 is 27.4 Å². The summed E-state index contributed by atoms with van der Waals surface area (Å²) in [5, 5.41) is 0.0139. The molecule has 0 saturated heterocycles. The summed E-state index contributed by atoms with van der Waals surface area (Å²) in [6.07, 6.45) is -3.53. The van der Waals surface area contributed by atoms with Crippen molar-refractivity contribution in [2.45, 2.75) is 89.5 Å². The van der Waals surface area contributed by atoms with E-state index in [1.54, 1.807) is 46.8 Å². The number of carbonyl (C=O) groups excluding carboxylic acids is 1. The molecule has 0 spiro atoms. The summed E-state index contributed by atoms with van der Waals surface area (Å²) in [7, 11) is -1.40. The van der Waals surface area contributed by atoms with Gasteiger partial charge in [-0.1, -0.05) is 54.3 Å². The lowest BCUT2D eigenvalue weighted by Crippen LogP contribution is -2.54. The number of benzene rings is 1. The Bertz CT molecular complexity index is 986. The molecule has 204 valence electrons. The number of amides is 1. The third kappa shape index (κ3) is 7.51. The van der Waals surface area contributed by atoms with Crippen molar-refractivity contribution in [2.75, 3.05) is 13.3 Å². The van der Waals surface area contributed by atoms with Gasteiger partial charge in [0.1, 0.15) is 18.1 Å². The maximum absolute atomic E-state index is 15.1. The van der Waals surface area contributed by atoms with Crippen LogP contribution in [0.1, 0.15) is 47.1 Å². The number of ether oxygens (including phenoxy) is 2. The van der Waals surface area contributed by atoms with Gasteiger partial charge in [0.2, 0.25) is 0 Å². The third-order valence-corrected chi connectivity index (χ3v) is 9.97. The van der Waals surface area contributed by atoms with Gasteiger partial charge in [-0.25, -0.2) is 22.9 Å². The average Bonchev–Trinajstić information content (AvgIpc) is 2.71. The van der Waals surface area contributed by atoms with Crippen LogP contribution in [0.15, 0.2) is 27.7 Å². The molecule has 0 bridgehead atoms. The van der Waals surface area contributed by atoms with E-state index in [0.29, 0.717) is 11.1 Å². The average molecular weight is 612 g/mol. The molecule has 3 atom stereocenters. The van der Waals surface area contributed by atoms with Crippen LogP contribution < -0.4 is 0 Å². The number of nitrogens with zero attached hydrogens (tertiary/aromatic N) is 2. The monoisotopic (exact) mass is 610 g/mol. The van der Waals surface area contributed by atoms with Crippen molar-refractivity contribution in [1.29, 1.82) is 0 Å². The van der Waals surface area contributed by atoms with E-state index >= 15 is 4.39 Å². The third-order valence-electron chi connectivity index (χ3n) is 6.31. The molecule has 0 aliphatic carbocycles. The topological polar surface area (TPSA) is 51.1 Å². The summed E-state index contributed by atoms with van der Waals surface area (Å²) in [6.45, 7) is 16.7. The minimum absolute atomic E-state index is 0.0139. The van der Waals surface area contributed by atoms with E-state index in [1.807, 2.05) is 0 Å². The number of rotatable bonds is 7. The van der Waals surface area contributed by atoms with Gasteiger partial charge in [-0.2, -0.15) is 0 Å². The highest BCUT2D eigenvalue weighted by Gasteiger charge is 2.56. The van der Waals surface area contributed by atoms with Crippen LogP contribution in [0.25, 0.3) is 0 Å². The van der Waals surface area contributed by atoms with Gasteiger partial charge in [-0.05, 0) is 58.9 Å². The smallest absolute Gasteiger partial charge is 0.418 e. The molecule has 11 heteroatoms. The SMILES string of the molecule is C[C@H]1[C@@](C)(c2cc(Br)ccc2F)N=C(N(COCC[Si](C)(C)C)C(=O)OC(C)(C)C)S[C@]1(C)C(F)F. The van der Waals surface area contributed by atoms with Gasteiger partial charge in [0, 0.05) is 30.6 Å². The number of carbonyl (C=O) groups is 1. The number of thioether (sulfide) groups is 1. The van der Waals surface area contributed by atoms with Crippen molar-refractivity contribution in [2.24, 2.45) is 10.9 Å². The second kappa shape index (κ2) is 11.4. The van der Waals surface area contributed by atoms with Crippen LogP contribution in [0.5, 0.6) is 0 Å². The lowest BCUT2D eigenvalue weighted by Gasteiger charge is -2.48. The Morgan fingerprint density at radius 2 is 1.89 bits per heavy atom. The van der Waals surface area contributed by atoms with Crippen molar-refractivity contribution in [1.82, 2.24) is 4.90 Å². The van der Waals surface area contributed by atoms with Gasteiger partial charge < -0.3 is 9.47 Å². The summed E-state index contributed by atoms with van der Waals surface area (Å²) in [5.41, 5.74) is -2.05. The van der Waals surface area contributed by atoms with E-state index in [4.69, 9.17) is 14.5 Å². The highest BCUT2D eigenvalue weighted by molar-refractivity contribution is 9.10. The molecular formula is C25H38BrF3N2O3SSi. The fourth-order valence-corrected chi connectivity index (χ4v) is 6.21. The zero-order valence-corrected chi connectivity index (χ0v) is 25.9. The molecule has 0 saturated carbocycles. The molecule has 5 nitrogen and oxygen atoms in total. The number of amidine groups is 1. The summed E-state index contributed by atoms with van der Waals surface area (Å²) in [5.74, 6) is -1.34. The summed E-state index contributed by atoms with van der Waals surface area (Å²) in [4.78, 5) is 19.2. The number of hydrogen-bond donors (Lipinski definition) is 0. The van der Waals surface area contributed by atoms with Crippen molar-refractivity contribution in [3.8, 4) is 0 Å². The first-order chi connectivity index (χ1) is 16.3. The van der Waals surface area contributed by atoms with Gasteiger partial charge in [-0.15, -0.1) is 0 Å². The standard InChI is InChI=1S/C25H38BrF3N2O3SSi/c1-16-24(5,18-14-17(26)10-11-19(18)27)30-21(35-25(16,6)20(28)29)31(22(32)34-23(2,3)4)15-33-12-13-36(7,8)9/h10-11,14,16,20H,12-13,15H2,1-9H3/t16-,24-,25-/m0/s1. The molecule has 0 fully saturated rings. The van der Waals surface area contributed by atoms with Crippen molar-refractivity contribution >= 4 is 47.0 Å². The Balaban J connectivity index is 2.61. The minimum Gasteiger partial charge on any atom is -0.443 e. The highest BCUT2D eigenvalue weighted by Crippen LogP contribution is 2.54. The first-order valence-electron chi connectivity index (χ1n) is 11.9. The van der Waals surface area contributed by atoms with Gasteiger partial charge >= 0.3 is 6.09 Å². The first-order valence-corrected chi connectivity index (χ1v) is 17.2. The Labute approximate surface area is 226 Å². The van der Waals surface area contributed by atoms with Crippen molar-refractivity contribution in [3.05, 3.63) is 34.1 Å². The molecule has 36 heavy (non-hydrogen) atoms. The summed E-state index contributed by atoms with van der Waals surface area (Å²) >= 11 is 4.16. The predicted molar refractivity (Wildman–Crippen MR) is 147 cm³/mol. The Hall–Kier alpha value is -1.04. The van der Waals surface area contributed by atoms with Gasteiger partial charge in [0.25, 0.3) is 6.43 Å². The fourth-order valence-electron chi connectivity index (χ4n) is 3.73. The molecule has 1 amide bonds. The summed E-state index contributed by atoms with van der Waals surface area (Å²) in [6, 6.07) is 5.23. The quantitative estimate of drug-likeness (QED) is 0.178. The van der Waals surface area contributed by atoms with Crippen LogP contribution in [0.4, 0.5) is 18.0 Å². The molecule has 1 aromatic carbocycles. The first kappa shape index (κ1) is 31.2. The molecule has 0 radical (unpaired) electrons. The molecule has 2 rings (SSSR count). The van der Waals surface area contributed by atoms with Crippen LogP contribution in [0.2, 0.25) is 25.7 Å². The van der Waals surface area contributed by atoms with E-state index in [2.05, 4.69) is 35.6 Å². The van der Waals surface area contributed by atoms with Gasteiger partial charge in [0.05, 0.1) is 10.3 Å². The maximum atomic E-state index is 15.1. The van der Waals surface area contributed by atoms with E-state index < -0.39 is 48.2 Å². The zero-order valence-electron chi connectivity index (χ0n) is 22.5. The van der Waals surface area contributed by atoms with Crippen LogP contribution >= 0.6 is 27.7 Å². The Morgan fingerprint density at radius 1 is 1.28 bits per heavy atom. The van der Waals surface area contributed by atoms with Gasteiger partial charge in [-0.3, -0.25) is 4.99 Å². The molecule has 1 heterocycles. The molecule has 0 aromatic heterocycles. The second-order valence-electron chi connectivity index (χ2n) is 11.7. The lowest BCUT2D eigenvalue weighted by molar-refractivity contribution is 0.00992.